The number of carbonyl (C=O) groups is 3. The molecule has 3 rings (SSSR count). The van der Waals surface area contributed by atoms with Crippen molar-refractivity contribution in [2.45, 2.75) is 71.4 Å². The number of hydrogen-bond acceptors (Lipinski definition) is 6. The average Bonchev–Trinajstić information content (AvgIpc) is 3.39. The molecule has 1 fully saturated rings. The molecular formula is C24H31N3O5. The minimum atomic E-state index is -0.851. The molecule has 0 radical (unpaired) electrons. The van der Waals surface area contributed by atoms with Gasteiger partial charge in [-0.15, -0.1) is 0 Å². The number of esters is 2. The number of benzene rings is 1. The lowest BCUT2D eigenvalue weighted by Crippen LogP contribution is -2.40. The minimum absolute atomic E-state index is 0.182. The van der Waals surface area contributed by atoms with E-state index in [-0.39, 0.29) is 17.9 Å². The van der Waals surface area contributed by atoms with Gasteiger partial charge < -0.3 is 14.8 Å². The Morgan fingerprint density at radius 1 is 1.16 bits per heavy atom. The summed E-state index contributed by atoms with van der Waals surface area (Å²) in [7, 11) is 1.38. The average molecular weight is 442 g/mol. The molecule has 0 aliphatic heterocycles. The maximum Gasteiger partial charge on any atom is 0.338 e. The third-order valence-corrected chi connectivity index (χ3v) is 5.95. The molecule has 0 spiro atoms. The minimum Gasteiger partial charge on any atom is -0.469 e. The van der Waals surface area contributed by atoms with E-state index in [0.29, 0.717) is 18.4 Å². The summed E-state index contributed by atoms with van der Waals surface area (Å²) in [5.41, 5.74) is 3.93. The second kappa shape index (κ2) is 10.4. The summed E-state index contributed by atoms with van der Waals surface area (Å²) in [4.78, 5) is 36.2. The van der Waals surface area contributed by atoms with E-state index in [4.69, 9.17) is 9.47 Å². The van der Waals surface area contributed by atoms with E-state index in [0.717, 1.165) is 48.3 Å². The summed E-state index contributed by atoms with van der Waals surface area (Å²) in [5, 5.41) is 7.52. The van der Waals surface area contributed by atoms with Crippen LogP contribution in [0.5, 0.6) is 0 Å². The lowest BCUT2D eigenvalue weighted by Gasteiger charge is -2.17. The number of hydrogen-bond donors (Lipinski definition) is 1. The van der Waals surface area contributed by atoms with Crippen LogP contribution in [0.25, 0.3) is 5.69 Å². The van der Waals surface area contributed by atoms with Gasteiger partial charge in [-0.25, -0.2) is 9.48 Å². The van der Waals surface area contributed by atoms with Gasteiger partial charge in [0.15, 0.2) is 6.10 Å². The van der Waals surface area contributed by atoms with Crippen LogP contribution in [0.4, 0.5) is 0 Å². The molecule has 1 amide bonds. The number of ether oxygens (including phenoxy) is 2. The SMILES string of the molecule is COC(=O)CCc1c(C)nn(-c2ccc(C(=O)OC(C)C(=O)NC3CCCC3)cc2)c1C. The molecule has 0 bridgehead atoms. The molecule has 1 aromatic heterocycles. The first kappa shape index (κ1) is 23.5. The van der Waals surface area contributed by atoms with Crippen molar-refractivity contribution in [3.63, 3.8) is 0 Å². The van der Waals surface area contributed by atoms with Crippen molar-refractivity contribution in [2.24, 2.45) is 0 Å². The number of nitrogens with zero attached hydrogens (tertiary/aromatic N) is 2. The van der Waals surface area contributed by atoms with Gasteiger partial charge in [0.2, 0.25) is 0 Å². The summed E-state index contributed by atoms with van der Waals surface area (Å²) < 4.78 is 11.9. The van der Waals surface area contributed by atoms with Crippen LogP contribution < -0.4 is 5.32 Å². The molecule has 1 saturated carbocycles. The Kier molecular flexibility index (Phi) is 7.66. The monoisotopic (exact) mass is 441 g/mol. The molecule has 1 aromatic carbocycles. The van der Waals surface area contributed by atoms with Crippen LogP contribution in [-0.2, 0) is 25.5 Å². The molecule has 1 unspecified atom stereocenters. The van der Waals surface area contributed by atoms with Gasteiger partial charge in [-0.1, -0.05) is 12.8 Å². The third kappa shape index (κ3) is 5.55. The molecule has 1 heterocycles. The molecule has 2 aromatic rings. The summed E-state index contributed by atoms with van der Waals surface area (Å²) in [6.45, 7) is 5.43. The van der Waals surface area contributed by atoms with Crippen molar-refractivity contribution in [1.82, 2.24) is 15.1 Å². The van der Waals surface area contributed by atoms with Crippen molar-refractivity contribution in [3.8, 4) is 5.69 Å². The highest BCUT2D eigenvalue weighted by atomic mass is 16.5. The zero-order valence-electron chi connectivity index (χ0n) is 19.1. The van der Waals surface area contributed by atoms with Crippen LogP contribution in [0.2, 0.25) is 0 Å². The summed E-state index contributed by atoms with van der Waals surface area (Å²) in [5.74, 6) is -1.06. The molecule has 1 aliphatic carbocycles. The van der Waals surface area contributed by atoms with Gasteiger partial charge in [0.05, 0.1) is 24.1 Å². The first-order valence-corrected chi connectivity index (χ1v) is 11.0. The van der Waals surface area contributed by atoms with Gasteiger partial charge in [-0.3, -0.25) is 9.59 Å². The summed E-state index contributed by atoms with van der Waals surface area (Å²) in [6, 6.07) is 7.06. The zero-order chi connectivity index (χ0) is 23.3. The maximum absolute atomic E-state index is 12.5. The van der Waals surface area contributed by atoms with Crippen LogP contribution in [-0.4, -0.2) is 46.9 Å². The quantitative estimate of drug-likeness (QED) is 0.632. The van der Waals surface area contributed by atoms with Crippen LogP contribution in [0, 0.1) is 13.8 Å². The van der Waals surface area contributed by atoms with Gasteiger partial charge in [-0.05, 0) is 69.9 Å². The predicted molar refractivity (Wildman–Crippen MR) is 119 cm³/mol. The predicted octanol–water partition coefficient (Wildman–Crippen LogP) is 3.20. The van der Waals surface area contributed by atoms with E-state index < -0.39 is 12.1 Å². The maximum atomic E-state index is 12.5. The van der Waals surface area contributed by atoms with Crippen LogP contribution in [0.3, 0.4) is 0 Å². The number of aryl methyl sites for hydroxylation is 1. The highest BCUT2D eigenvalue weighted by Gasteiger charge is 2.23. The van der Waals surface area contributed by atoms with E-state index in [2.05, 4.69) is 10.4 Å². The standard InChI is InChI=1S/C24H31N3O5/c1-15-21(13-14-22(28)31-4)16(2)27(26-15)20-11-9-18(10-12-20)24(30)32-17(3)23(29)25-19-7-5-6-8-19/h9-12,17,19H,5-8,13-14H2,1-4H3,(H,25,29). The van der Waals surface area contributed by atoms with Crippen LogP contribution >= 0.6 is 0 Å². The number of methoxy groups -OCH3 is 1. The molecule has 1 atom stereocenters. The lowest BCUT2D eigenvalue weighted by molar-refractivity contribution is -0.140. The third-order valence-electron chi connectivity index (χ3n) is 5.95. The van der Waals surface area contributed by atoms with E-state index in [1.165, 1.54) is 7.11 Å². The molecular weight excluding hydrogens is 410 g/mol. The van der Waals surface area contributed by atoms with Crippen molar-refractivity contribution in [2.75, 3.05) is 7.11 Å². The van der Waals surface area contributed by atoms with Gasteiger partial charge in [0.25, 0.3) is 5.91 Å². The Hall–Kier alpha value is -3.16. The Bertz CT molecular complexity index is 974. The molecule has 172 valence electrons. The topological polar surface area (TPSA) is 99.5 Å². The Balaban J connectivity index is 1.63. The molecule has 8 heteroatoms. The van der Waals surface area contributed by atoms with Crippen molar-refractivity contribution >= 4 is 17.8 Å². The second-order valence-electron chi connectivity index (χ2n) is 8.22. The fourth-order valence-corrected chi connectivity index (χ4v) is 4.03. The van der Waals surface area contributed by atoms with Crippen LogP contribution in [0.1, 0.15) is 66.3 Å². The highest BCUT2D eigenvalue weighted by Crippen LogP contribution is 2.21. The smallest absolute Gasteiger partial charge is 0.338 e. The number of nitrogens with one attached hydrogen (secondary N) is 1. The Morgan fingerprint density at radius 3 is 2.44 bits per heavy atom. The van der Waals surface area contributed by atoms with Gasteiger partial charge in [0, 0.05) is 18.2 Å². The normalized spacial score (nSPS) is 14.8. The molecule has 32 heavy (non-hydrogen) atoms. The van der Waals surface area contributed by atoms with E-state index in [9.17, 15) is 14.4 Å². The van der Waals surface area contributed by atoms with E-state index >= 15 is 0 Å². The molecule has 1 aliphatic rings. The Morgan fingerprint density at radius 2 is 1.81 bits per heavy atom. The largest absolute Gasteiger partial charge is 0.469 e. The zero-order valence-corrected chi connectivity index (χ0v) is 19.1. The fourth-order valence-electron chi connectivity index (χ4n) is 4.03. The van der Waals surface area contributed by atoms with Gasteiger partial charge >= 0.3 is 11.9 Å². The van der Waals surface area contributed by atoms with Gasteiger partial charge in [-0.2, -0.15) is 5.10 Å². The summed E-state index contributed by atoms with van der Waals surface area (Å²) >= 11 is 0. The highest BCUT2D eigenvalue weighted by molar-refractivity contribution is 5.92. The van der Waals surface area contributed by atoms with Crippen molar-refractivity contribution < 1.29 is 23.9 Å². The van der Waals surface area contributed by atoms with Crippen molar-refractivity contribution in [1.29, 1.82) is 0 Å². The fraction of sp³-hybridized carbons (Fsp3) is 0.500. The number of amides is 1. The summed E-state index contributed by atoms with van der Waals surface area (Å²) in [6.07, 6.45) is 4.18. The number of carbonyl (C=O) groups excluding carboxylic acids is 3. The number of aromatic nitrogens is 2. The lowest BCUT2D eigenvalue weighted by atomic mass is 10.1. The molecule has 8 nitrogen and oxygen atoms in total. The Labute approximate surface area is 188 Å². The first-order valence-electron chi connectivity index (χ1n) is 11.0. The van der Waals surface area contributed by atoms with E-state index in [1.54, 1.807) is 35.9 Å². The second-order valence-corrected chi connectivity index (χ2v) is 8.22. The molecule has 1 N–H and O–H groups in total. The van der Waals surface area contributed by atoms with Crippen LogP contribution in [0.15, 0.2) is 24.3 Å². The van der Waals surface area contributed by atoms with E-state index in [1.807, 2.05) is 13.8 Å². The molecule has 0 saturated heterocycles. The van der Waals surface area contributed by atoms with Gasteiger partial charge in [0.1, 0.15) is 0 Å². The number of rotatable bonds is 8. The van der Waals surface area contributed by atoms with Crippen molar-refractivity contribution in [3.05, 3.63) is 46.8 Å². The first-order chi connectivity index (χ1) is 15.3.